The Labute approximate surface area is 89.8 Å². The minimum Gasteiger partial charge on any atom is -0.393 e. The number of nitrogens with one attached hydrogen (secondary N) is 1. The van der Waals surface area contributed by atoms with Crippen molar-refractivity contribution < 1.29 is 5.11 Å². The second-order valence-corrected chi connectivity index (χ2v) is 3.40. The lowest BCUT2D eigenvalue weighted by molar-refractivity contribution is 0.187. The summed E-state index contributed by atoms with van der Waals surface area (Å²) >= 11 is 0. The first-order chi connectivity index (χ1) is 7.18. The Kier molecular flexibility index (Phi) is 4.63. The summed E-state index contributed by atoms with van der Waals surface area (Å²) in [4.78, 5) is 4.08. The standard InChI is InChI=1S/C11H17N3O/c1-9(15)7-8-13-11(12)14-10-5-3-2-4-6-10/h2-6,9,15H,7-8H2,1H3,(H3,12,13,14). The number of nitrogens with zero attached hydrogens (tertiary/aromatic N) is 1. The van der Waals surface area contributed by atoms with Gasteiger partial charge in [-0.2, -0.15) is 0 Å². The van der Waals surface area contributed by atoms with Crippen LogP contribution in [0.15, 0.2) is 35.3 Å². The summed E-state index contributed by atoms with van der Waals surface area (Å²) in [6.45, 7) is 2.26. The third-order valence-corrected chi connectivity index (χ3v) is 1.88. The zero-order valence-electron chi connectivity index (χ0n) is 8.85. The van der Waals surface area contributed by atoms with E-state index >= 15 is 0 Å². The smallest absolute Gasteiger partial charge is 0.193 e. The first kappa shape index (κ1) is 11.5. The topological polar surface area (TPSA) is 70.6 Å². The Morgan fingerprint density at radius 2 is 2.13 bits per heavy atom. The number of hydrogen-bond donors (Lipinski definition) is 3. The predicted molar refractivity (Wildman–Crippen MR) is 62.9 cm³/mol. The van der Waals surface area contributed by atoms with E-state index in [0.29, 0.717) is 18.9 Å². The number of aliphatic imine (C=N–C) groups is 1. The highest BCUT2D eigenvalue weighted by molar-refractivity contribution is 5.92. The monoisotopic (exact) mass is 207 g/mol. The zero-order chi connectivity index (χ0) is 11.1. The summed E-state index contributed by atoms with van der Waals surface area (Å²) in [6, 6.07) is 9.61. The highest BCUT2D eigenvalue weighted by Gasteiger charge is 1.95. The number of nitrogens with two attached hydrogens (primary N) is 1. The van der Waals surface area contributed by atoms with Crippen LogP contribution in [0.4, 0.5) is 5.69 Å². The molecule has 1 atom stereocenters. The minimum atomic E-state index is -0.335. The number of hydrogen-bond acceptors (Lipinski definition) is 2. The molecule has 0 aliphatic heterocycles. The molecule has 0 radical (unpaired) electrons. The Morgan fingerprint density at radius 3 is 2.73 bits per heavy atom. The van der Waals surface area contributed by atoms with E-state index in [4.69, 9.17) is 10.8 Å². The number of anilines is 1. The number of guanidine groups is 1. The molecule has 1 aromatic rings. The van der Waals surface area contributed by atoms with Crippen molar-refractivity contribution in [1.29, 1.82) is 0 Å². The van der Waals surface area contributed by atoms with Gasteiger partial charge in [0.15, 0.2) is 5.96 Å². The molecular formula is C11H17N3O. The van der Waals surface area contributed by atoms with Crippen molar-refractivity contribution in [2.24, 2.45) is 10.7 Å². The molecule has 4 N–H and O–H groups in total. The zero-order valence-corrected chi connectivity index (χ0v) is 8.85. The minimum absolute atomic E-state index is 0.335. The average Bonchev–Trinajstić information content (AvgIpc) is 2.18. The molecule has 0 amide bonds. The fourth-order valence-corrected chi connectivity index (χ4v) is 1.08. The predicted octanol–water partition coefficient (Wildman–Crippen LogP) is 1.18. The molecule has 0 saturated carbocycles. The van der Waals surface area contributed by atoms with Crippen LogP contribution in [0.25, 0.3) is 0 Å². The van der Waals surface area contributed by atoms with Gasteiger partial charge in [-0.1, -0.05) is 18.2 Å². The van der Waals surface area contributed by atoms with Gasteiger partial charge in [0, 0.05) is 12.2 Å². The van der Waals surface area contributed by atoms with Crippen LogP contribution in [0.3, 0.4) is 0 Å². The molecule has 1 aromatic carbocycles. The van der Waals surface area contributed by atoms with Gasteiger partial charge in [-0.3, -0.25) is 4.99 Å². The number of aliphatic hydroxyl groups is 1. The molecule has 0 fully saturated rings. The fraction of sp³-hybridized carbons (Fsp3) is 0.364. The molecule has 0 spiro atoms. The number of rotatable bonds is 4. The van der Waals surface area contributed by atoms with Gasteiger partial charge in [-0.05, 0) is 25.5 Å². The average molecular weight is 207 g/mol. The van der Waals surface area contributed by atoms with E-state index in [0.717, 1.165) is 5.69 Å². The van der Waals surface area contributed by atoms with Gasteiger partial charge in [0.1, 0.15) is 0 Å². The molecule has 4 heteroatoms. The molecule has 0 saturated heterocycles. The molecule has 82 valence electrons. The Bertz CT molecular complexity index is 309. The summed E-state index contributed by atoms with van der Waals surface area (Å²) in [6.07, 6.45) is 0.287. The van der Waals surface area contributed by atoms with Gasteiger partial charge in [-0.15, -0.1) is 0 Å². The third kappa shape index (κ3) is 5.02. The number of para-hydroxylation sites is 1. The van der Waals surface area contributed by atoms with E-state index in [-0.39, 0.29) is 6.10 Å². The summed E-state index contributed by atoms with van der Waals surface area (Å²) in [5.74, 6) is 0.377. The van der Waals surface area contributed by atoms with Gasteiger partial charge < -0.3 is 16.2 Å². The molecule has 15 heavy (non-hydrogen) atoms. The molecule has 0 aliphatic carbocycles. The van der Waals surface area contributed by atoms with E-state index in [1.54, 1.807) is 6.92 Å². The van der Waals surface area contributed by atoms with Crippen molar-refractivity contribution in [3.8, 4) is 0 Å². The Balaban J connectivity index is 2.38. The normalized spacial score (nSPS) is 13.6. The highest BCUT2D eigenvalue weighted by atomic mass is 16.3. The molecule has 0 bridgehead atoms. The van der Waals surface area contributed by atoms with Crippen LogP contribution in [0.5, 0.6) is 0 Å². The second kappa shape index (κ2) is 6.03. The van der Waals surface area contributed by atoms with Crippen molar-refractivity contribution in [1.82, 2.24) is 0 Å². The van der Waals surface area contributed by atoms with E-state index in [9.17, 15) is 0 Å². The summed E-state index contributed by atoms with van der Waals surface area (Å²) < 4.78 is 0. The third-order valence-electron chi connectivity index (χ3n) is 1.88. The van der Waals surface area contributed by atoms with Crippen molar-refractivity contribution in [3.63, 3.8) is 0 Å². The van der Waals surface area contributed by atoms with Gasteiger partial charge >= 0.3 is 0 Å². The first-order valence-corrected chi connectivity index (χ1v) is 4.98. The van der Waals surface area contributed by atoms with Crippen LogP contribution in [0.2, 0.25) is 0 Å². The van der Waals surface area contributed by atoms with Crippen molar-refractivity contribution in [3.05, 3.63) is 30.3 Å². The van der Waals surface area contributed by atoms with Crippen molar-refractivity contribution >= 4 is 11.6 Å². The van der Waals surface area contributed by atoms with Crippen LogP contribution in [-0.4, -0.2) is 23.7 Å². The highest BCUT2D eigenvalue weighted by Crippen LogP contribution is 2.03. The molecule has 0 heterocycles. The molecule has 0 aromatic heterocycles. The van der Waals surface area contributed by atoms with Gasteiger partial charge in [0.05, 0.1) is 6.10 Å². The lowest BCUT2D eigenvalue weighted by atomic mass is 10.3. The summed E-state index contributed by atoms with van der Waals surface area (Å²) in [5, 5.41) is 12.0. The van der Waals surface area contributed by atoms with Crippen molar-refractivity contribution in [2.75, 3.05) is 11.9 Å². The van der Waals surface area contributed by atoms with E-state index in [1.165, 1.54) is 0 Å². The maximum atomic E-state index is 9.02. The van der Waals surface area contributed by atoms with Gasteiger partial charge in [-0.25, -0.2) is 0 Å². The number of aliphatic hydroxyl groups excluding tert-OH is 1. The van der Waals surface area contributed by atoms with Crippen LogP contribution in [0.1, 0.15) is 13.3 Å². The molecule has 4 nitrogen and oxygen atoms in total. The van der Waals surface area contributed by atoms with E-state index < -0.39 is 0 Å². The largest absolute Gasteiger partial charge is 0.393 e. The quantitative estimate of drug-likeness (QED) is 0.513. The lowest BCUT2D eigenvalue weighted by Crippen LogP contribution is -2.23. The maximum Gasteiger partial charge on any atom is 0.193 e. The Hall–Kier alpha value is -1.55. The molecule has 1 rings (SSSR count). The lowest BCUT2D eigenvalue weighted by Gasteiger charge is -2.05. The maximum absolute atomic E-state index is 9.02. The fourth-order valence-electron chi connectivity index (χ4n) is 1.08. The van der Waals surface area contributed by atoms with Crippen LogP contribution >= 0.6 is 0 Å². The molecule has 0 aliphatic rings. The van der Waals surface area contributed by atoms with E-state index in [1.807, 2.05) is 30.3 Å². The summed E-state index contributed by atoms with van der Waals surface area (Å²) in [5.41, 5.74) is 6.56. The van der Waals surface area contributed by atoms with Gasteiger partial charge in [0.25, 0.3) is 0 Å². The van der Waals surface area contributed by atoms with Crippen molar-refractivity contribution in [2.45, 2.75) is 19.4 Å². The first-order valence-electron chi connectivity index (χ1n) is 4.98. The summed E-state index contributed by atoms with van der Waals surface area (Å²) in [7, 11) is 0. The van der Waals surface area contributed by atoms with Crippen LogP contribution in [-0.2, 0) is 0 Å². The molecular weight excluding hydrogens is 190 g/mol. The van der Waals surface area contributed by atoms with Gasteiger partial charge in [0.2, 0.25) is 0 Å². The SMILES string of the molecule is CC(O)CCN=C(N)Nc1ccccc1. The van der Waals surface area contributed by atoms with Crippen LogP contribution < -0.4 is 11.1 Å². The van der Waals surface area contributed by atoms with E-state index in [2.05, 4.69) is 10.3 Å². The molecule has 1 unspecified atom stereocenters. The number of benzene rings is 1. The van der Waals surface area contributed by atoms with Crippen LogP contribution in [0, 0.1) is 0 Å². The Morgan fingerprint density at radius 1 is 1.47 bits per heavy atom. The second-order valence-electron chi connectivity index (χ2n) is 3.40.